The van der Waals surface area contributed by atoms with Crippen molar-refractivity contribution in [3.63, 3.8) is 0 Å². The van der Waals surface area contributed by atoms with Gasteiger partial charge in [-0.25, -0.2) is 13.1 Å². The van der Waals surface area contributed by atoms with E-state index in [9.17, 15) is 8.42 Å². The van der Waals surface area contributed by atoms with E-state index < -0.39 is 10.0 Å². The van der Waals surface area contributed by atoms with Crippen LogP contribution in [0.1, 0.15) is 12.0 Å². The smallest absolute Gasteiger partial charge is 0.244 e. The van der Waals surface area contributed by atoms with Gasteiger partial charge in [0, 0.05) is 18.8 Å². The molecule has 3 N–H and O–H groups in total. The predicted octanol–water partition coefficient (Wildman–Crippen LogP) is 0.434. The van der Waals surface area contributed by atoms with Crippen LogP contribution >= 0.6 is 0 Å². The average molecular weight is 299 g/mol. The summed E-state index contributed by atoms with van der Waals surface area (Å²) in [5, 5.41) is 0. The molecule has 112 valence electrons. The maximum absolute atomic E-state index is 12.4. The fraction of sp³-hybridized carbons (Fsp3) is 0.538. The average Bonchev–Trinajstić information content (AvgIpc) is 2.37. The molecule has 2 rings (SSSR count). The summed E-state index contributed by atoms with van der Waals surface area (Å²) < 4.78 is 32.9. The lowest BCUT2D eigenvalue weighted by atomic mass is 10.1. The first kappa shape index (κ1) is 15.1. The lowest BCUT2D eigenvalue weighted by molar-refractivity contribution is 0.280. The Morgan fingerprint density at radius 1 is 1.40 bits per heavy atom. The van der Waals surface area contributed by atoms with E-state index in [0.29, 0.717) is 31.1 Å². The van der Waals surface area contributed by atoms with Crippen LogP contribution in [0.5, 0.6) is 5.75 Å². The van der Waals surface area contributed by atoms with Crippen molar-refractivity contribution in [1.29, 1.82) is 0 Å². The first-order valence-electron chi connectivity index (χ1n) is 6.60. The molecular formula is C13H21N3O3S. The van der Waals surface area contributed by atoms with Crippen molar-refractivity contribution >= 4 is 15.7 Å². The molecule has 0 atom stereocenters. The molecule has 20 heavy (non-hydrogen) atoms. The molecule has 1 aliphatic rings. The number of sulfonamides is 1. The fourth-order valence-corrected chi connectivity index (χ4v) is 3.39. The lowest BCUT2D eigenvalue weighted by Gasteiger charge is -2.21. The minimum Gasteiger partial charge on any atom is -0.492 e. The molecule has 1 aromatic carbocycles. The summed E-state index contributed by atoms with van der Waals surface area (Å²) in [6.07, 6.45) is 1.67. The molecule has 6 nitrogen and oxygen atoms in total. The number of aryl methyl sites for hydroxylation is 1. The third-order valence-electron chi connectivity index (χ3n) is 3.13. The van der Waals surface area contributed by atoms with Gasteiger partial charge in [0.05, 0.1) is 6.61 Å². The van der Waals surface area contributed by atoms with Gasteiger partial charge in [0.25, 0.3) is 0 Å². The molecule has 0 bridgehead atoms. The molecule has 0 aromatic heterocycles. The van der Waals surface area contributed by atoms with E-state index in [4.69, 9.17) is 10.5 Å². The van der Waals surface area contributed by atoms with Gasteiger partial charge >= 0.3 is 0 Å². The molecule has 1 aliphatic heterocycles. The van der Waals surface area contributed by atoms with Crippen LogP contribution < -0.4 is 15.2 Å². The second kappa shape index (κ2) is 5.99. The van der Waals surface area contributed by atoms with Crippen LogP contribution in [0.4, 0.5) is 5.69 Å². The number of likely N-dealkylation sites (N-methyl/N-ethyl adjacent to an activating group) is 1. The molecule has 0 saturated carbocycles. The van der Waals surface area contributed by atoms with E-state index in [1.807, 2.05) is 19.0 Å². The highest BCUT2D eigenvalue weighted by molar-refractivity contribution is 7.89. The second-order valence-corrected chi connectivity index (χ2v) is 6.90. The Bertz CT molecular complexity index is 585. The zero-order valence-corrected chi connectivity index (χ0v) is 12.7. The van der Waals surface area contributed by atoms with Gasteiger partial charge in [0.1, 0.15) is 10.6 Å². The molecule has 1 aromatic rings. The predicted molar refractivity (Wildman–Crippen MR) is 78.4 cm³/mol. The SMILES string of the molecule is CN(C)CCNS(=O)(=O)c1cc(N)cc2c1OCCC2. The van der Waals surface area contributed by atoms with Crippen LogP contribution in [0.25, 0.3) is 0 Å². The van der Waals surface area contributed by atoms with Gasteiger partial charge in [-0.1, -0.05) is 0 Å². The Morgan fingerprint density at radius 3 is 2.85 bits per heavy atom. The molecule has 0 aliphatic carbocycles. The summed E-state index contributed by atoms with van der Waals surface area (Å²) in [6.45, 7) is 1.51. The molecular weight excluding hydrogens is 278 g/mol. The number of hydrogen-bond donors (Lipinski definition) is 2. The minimum atomic E-state index is -3.60. The zero-order valence-electron chi connectivity index (χ0n) is 11.8. The molecule has 0 saturated heterocycles. The van der Waals surface area contributed by atoms with E-state index in [1.165, 1.54) is 6.07 Å². The normalized spacial score (nSPS) is 14.9. The van der Waals surface area contributed by atoms with Gasteiger partial charge in [0.15, 0.2) is 0 Å². The first-order valence-corrected chi connectivity index (χ1v) is 8.08. The van der Waals surface area contributed by atoms with Crippen LogP contribution in [0, 0.1) is 0 Å². The van der Waals surface area contributed by atoms with E-state index in [1.54, 1.807) is 6.07 Å². The van der Waals surface area contributed by atoms with Crippen molar-refractivity contribution in [2.45, 2.75) is 17.7 Å². The summed E-state index contributed by atoms with van der Waals surface area (Å²) in [4.78, 5) is 2.05. The number of nitrogens with zero attached hydrogens (tertiary/aromatic N) is 1. The van der Waals surface area contributed by atoms with Crippen molar-refractivity contribution in [3.05, 3.63) is 17.7 Å². The van der Waals surface area contributed by atoms with Crippen LogP contribution in [0.3, 0.4) is 0 Å². The highest BCUT2D eigenvalue weighted by atomic mass is 32.2. The number of anilines is 1. The fourth-order valence-electron chi connectivity index (χ4n) is 2.15. The van der Waals surface area contributed by atoms with E-state index >= 15 is 0 Å². The molecule has 0 amide bonds. The van der Waals surface area contributed by atoms with Gasteiger partial charge in [-0.2, -0.15) is 0 Å². The first-order chi connectivity index (χ1) is 9.40. The van der Waals surface area contributed by atoms with Crippen molar-refractivity contribution < 1.29 is 13.2 Å². The van der Waals surface area contributed by atoms with Crippen LogP contribution in [-0.2, 0) is 16.4 Å². The third kappa shape index (κ3) is 3.41. The number of rotatable bonds is 5. The maximum atomic E-state index is 12.4. The number of benzene rings is 1. The van der Waals surface area contributed by atoms with Gasteiger partial charge in [-0.3, -0.25) is 0 Å². The Labute approximate surface area is 120 Å². The van der Waals surface area contributed by atoms with Gasteiger partial charge in [0.2, 0.25) is 10.0 Å². The van der Waals surface area contributed by atoms with Crippen molar-refractivity contribution in [3.8, 4) is 5.75 Å². The Balaban J connectivity index is 2.29. The topological polar surface area (TPSA) is 84.7 Å². The summed E-state index contributed by atoms with van der Waals surface area (Å²) in [7, 11) is 0.176. The Kier molecular flexibility index (Phi) is 4.52. The maximum Gasteiger partial charge on any atom is 0.244 e. The van der Waals surface area contributed by atoms with Crippen LogP contribution in [0.15, 0.2) is 17.0 Å². The van der Waals surface area contributed by atoms with E-state index in [2.05, 4.69) is 4.72 Å². The van der Waals surface area contributed by atoms with Gasteiger partial charge < -0.3 is 15.4 Å². The van der Waals surface area contributed by atoms with Crippen molar-refractivity contribution in [1.82, 2.24) is 9.62 Å². The highest BCUT2D eigenvalue weighted by Crippen LogP contribution is 2.34. The Morgan fingerprint density at radius 2 is 2.15 bits per heavy atom. The van der Waals surface area contributed by atoms with Crippen LogP contribution in [-0.4, -0.2) is 47.1 Å². The van der Waals surface area contributed by atoms with Crippen LogP contribution in [0.2, 0.25) is 0 Å². The number of fused-ring (bicyclic) bond motifs is 1. The third-order valence-corrected chi connectivity index (χ3v) is 4.60. The summed E-state index contributed by atoms with van der Waals surface area (Å²) in [6, 6.07) is 3.25. The lowest BCUT2D eigenvalue weighted by Crippen LogP contribution is -2.32. The summed E-state index contributed by atoms with van der Waals surface area (Å²) >= 11 is 0. The Hall–Kier alpha value is -1.31. The van der Waals surface area contributed by atoms with E-state index in [0.717, 1.165) is 18.4 Å². The van der Waals surface area contributed by atoms with E-state index in [-0.39, 0.29) is 4.90 Å². The summed E-state index contributed by atoms with van der Waals surface area (Å²) in [5.41, 5.74) is 7.11. The monoisotopic (exact) mass is 299 g/mol. The molecule has 0 radical (unpaired) electrons. The molecule has 7 heteroatoms. The standard InChI is InChI=1S/C13H21N3O3S/c1-16(2)6-5-15-20(17,18)12-9-11(14)8-10-4-3-7-19-13(10)12/h8-9,15H,3-7,14H2,1-2H3. The van der Waals surface area contributed by atoms with Gasteiger partial charge in [-0.15, -0.1) is 0 Å². The summed E-state index contributed by atoms with van der Waals surface area (Å²) in [5.74, 6) is 0.447. The molecule has 0 unspecified atom stereocenters. The second-order valence-electron chi connectivity index (χ2n) is 5.16. The number of nitrogen functional groups attached to an aromatic ring is 1. The van der Waals surface area contributed by atoms with Crippen molar-refractivity contribution in [2.24, 2.45) is 0 Å². The number of hydrogen-bond acceptors (Lipinski definition) is 5. The quantitative estimate of drug-likeness (QED) is 0.770. The molecule has 0 fully saturated rings. The molecule has 0 spiro atoms. The zero-order chi connectivity index (χ0) is 14.8. The minimum absolute atomic E-state index is 0.144. The highest BCUT2D eigenvalue weighted by Gasteiger charge is 2.24. The largest absolute Gasteiger partial charge is 0.492 e. The number of nitrogens with one attached hydrogen (secondary N) is 1. The molecule has 1 heterocycles. The number of ether oxygens (including phenoxy) is 1. The van der Waals surface area contributed by atoms with Crippen molar-refractivity contribution in [2.75, 3.05) is 39.5 Å². The van der Waals surface area contributed by atoms with Gasteiger partial charge in [-0.05, 0) is 44.6 Å². The number of nitrogens with two attached hydrogens (primary N) is 1.